The molecule has 0 aliphatic carbocycles. The summed E-state index contributed by atoms with van der Waals surface area (Å²) < 4.78 is 0. The molecule has 19 heavy (non-hydrogen) atoms. The Hall–Kier alpha value is -2.62. The van der Waals surface area contributed by atoms with Crippen LogP contribution in [0.25, 0.3) is 0 Å². The van der Waals surface area contributed by atoms with Crippen LogP contribution in [0.5, 0.6) is 0 Å². The number of para-hydroxylation sites is 2. The van der Waals surface area contributed by atoms with Gasteiger partial charge < -0.3 is 10.4 Å². The predicted octanol–water partition coefficient (Wildman–Crippen LogP) is 2.69. The van der Waals surface area contributed by atoms with Crippen molar-refractivity contribution >= 4 is 23.1 Å². The molecular weight excluding hydrogens is 240 g/mol. The van der Waals surface area contributed by atoms with Gasteiger partial charge in [-0.2, -0.15) is 0 Å². The lowest BCUT2D eigenvalue weighted by molar-refractivity contribution is -0.136. The van der Waals surface area contributed by atoms with Crippen LogP contribution in [0.2, 0.25) is 0 Å². The Morgan fingerprint density at radius 1 is 1.05 bits per heavy atom. The van der Waals surface area contributed by atoms with Crippen molar-refractivity contribution in [3.63, 3.8) is 0 Å². The fourth-order valence-electron chi connectivity index (χ4n) is 2.13. The van der Waals surface area contributed by atoms with E-state index in [1.54, 1.807) is 0 Å². The van der Waals surface area contributed by atoms with E-state index >= 15 is 0 Å². The van der Waals surface area contributed by atoms with Gasteiger partial charge in [-0.05, 0) is 17.7 Å². The molecule has 0 spiro atoms. The summed E-state index contributed by atoms with van der Waals surface area (Å²) in [6, 6.07) is 16.0. The SMILES string of the molecule is O=C(O)[C@@H]1Nc2ccccc2N=C1c1ccccc1. The molecule has 1 atom stereocenters. The summed E-state index contributed by atoms with van der Waals surface area (Å²) in [4.78, 5) is 15.9. The van der Waals surface area contributed by atoms with E-state index in [2.05, 4.69) is 10.3 Å². The van der Waals surface area contributed by atoms with Gasteiger partial charge in [0.25, 0.3) is 0 Å². The molecule has 1 heterocycles. The molecule has 0 unspecified atom stereocenters. The van der Waals surface area contributed by atoms with Crippen LogP contribution in [0.15, 0.2) is 59.6 Å². The number of carbonyl (C=O) groups is 1. The highest BCUT2D eigenvalue weighted by Gasteiger charge is 2.29. The average Bonchev–Trinajstić information content (AvgIpc) is 2.46. The Morgan fingerprint density at radius 2 is 1.74 bits per heavy atom. The van der Waals surface area contributed by atoms with E-state index in [-0.39, 0.29) is 0 Å². The Morgan fingerprint density at radius 3 is 2.47 bits per heavy atom. The first kappa shape index (κ1) is 11.5. The van der Waals surface area contributed by atoms with E-state index < -0.39 is 12.0 Å². The van der Waals surface area contributed by atoms with Crippen molar-refractivity contribution in [1.29, 1.82) is 0 Å². The second-order valence-electron chi connectivity index (χ2n) is 4.30. The minimum absolute atomic E-state index is 0.534. The van der Waals surface area contributed by atoms with E-state index in [0.29, 0.717) is 5.71 Å². The number of rotatable bonds is 2. The quantitative estimate of drug-likeness (QED) is 0.863. The molecule has 0 aromatic heterocycles. The maximum Gasteiger partial charge on any atom is 0.332 e. The van der Waals surface area contributed by atoms with E-state index in [9.17, 15) is 9.90 Å². The van der Waals surface area contributed by atoms with Crippen molar-refractivity contribution in [3.8, 4) is 0 Å². The highest BCUT2D eigenvalue weighted by molar-refractivity contribution is 6.19. The summed E-state index contributed by atoms with van der Waals surface area (Å²) in [5, 5.41) is 12.4. The van der Waals surface area contributed by atoms with Gasteiger partial charge in [-0.15, -0.1) is 0 Å². The van der Waals surface area contributed by atoms with Gasteiger partial charge in [0, 0.05) is 0 Å². The standard InChI is InChI=1S/C15H12N2O2/c18-15(19)14-13(10-6-2-1-3-7-10)16-11-8-4-5-9-12(11)17-14/h1-9,14,17H,(H,18,19)/t14-/m1/s1. The summed E-state index contributed by atoms with van der Waals surface area (Å²) in [5.41, 5.74) is 2.86. The number of benzene rings is 2. The fourth-order valence-corrected chi connectivity index (χ4v) is 2.13. The Labute approximate surface area is 110 Å². The molecule has 4 nitrogen and oxygen atoms in total. The van der Waals surface area contributed by atoms with Gasteiger partial charge in [-0.3, -0.25) is 0 Å². The Kier molecular flexibility index (Phi) is 2.76. The molecule has 1 aliphatic rings. The molecule has 0 saturated carbocycles. The van der Waals surface area contributed by atoms with Crippen LogP contribution in [0.3, 0.4) is 0 Å². The molecule has 2 aromatic carbocycles. The molecule has 0 amide bonds. The maximum atomic E-state index is 11.4. The summed E-state index contributed by atoms with van der Waals surface area (Å²) in [6.45, 7) is 0. The van der Waals surface area contributed by atoms with Crippen molar-refractivity contribution in [2.24, 2.45) is 4.99 Å². The average molecular weight is 252 g/mol. The molecule has 2 aromatic rings. The minimum Gasteiger partial charge on any atom is -0.479 e. The third-order valence-corrected chi connectivity index (χ3v) is 3.03. The summed E-state index contributed by atoms with van der Waals surface area (Å²) in [5.74, 6) is -0.933. The van der Waals surface area contributed by atoms with Crippen molar-refractivity contribution in [3.05, 3.63) is 60.2 Å². The second kappa shape index (κ2) is 4.57. The fraction of sp³-hybridized carbons (Fsp3) is 0.0667. The molecular formula is C15H12N2O2. The largest absolute Gasteiger partial charge is 0.479 e. The van der Waals surface area contributed by atoms with Gasteiger partial charge in [0.2, 0.25) is 0 Å². The van der Waals surface area contributed by atoms with Gasteiger partial charge in [0.15, 0.2) is 6.04 Å². The first-order chi connectivity index (χ1) is 9.25. The van der Waals surface area contributed by atoms with Gasteiger partial charge >= 0.3 is 5.97 Å². The molecule has 0 radical (unpaired) electrons. The number of aliphatic imine (C=N–C) groups is 1. The number of aliphatic carboxylic acids is 1. The summed E-state index contributed by atoms with van der Waals surface area (Å²) >= 11 is 0. The number of fused-ring (bicyclic) bond motifs is 1. The van der Waals surface area contributed by atoms with Crippen LogP contribution in [0.4, 0.5) is 11.4 Å². The number of nitrogens with zero attached hydrogens (tertiary/aromatic N) is 1. The molecule has 0 saturated heterocycles. The Bertz CT molecular complexity index is 650. The van der Waals surface area contributed by atoms with E-state index in [1.807, 2.05) is 54.6 Å². The maximum absolute atomic E-state index is 11.4. The molecule has 1 aliphatic heterocycles. The van der Waals surface area contributed by atoms with Gasteiger partial charge in [-0.1, -0.05) is 42.5 Å². The van der Waals surface area contributed by atoms with Gasteiger partial charge in [0.1, 0.15) is 0 Å². The summed E-state index contributed by atoms with van der Waals surface area (Å²) in [6.07, 6.45) is 0. The van der Waals surface area contributed by atoms with Crippen LogP contribution >= 0.6 is 0 Å². The number of hydrogen-bond donors (Lipinski definition) is 2. The first-order valence-corrected chi connectivity index (χ1v) is 5.98. The second-order valence-corrected chi connectivity index (χ2v) is 4.30. The molecule has 3 rings (SSSR count). The number of nitrogens with one attached hydrogen (secondary N) is 1. The normalized spacial score (nSPS) is 17.1. The molecule has 94 valence electrons. The molecule has 4 heteroatoms. The third kappa shape index (κ3) is 2.08. The molecule has 2 N–H and O–H groups in total. The number of carboxylic acid groups (broad SMARTS) is 1. The van der Waals surface area contributed by atoms with Crippen molar-refractivity contribution in [1.82, 2.24) is 0 Å². The molecule has 0 bridgehead atoms. The smallest absolute Gasteiger partial charge is 0.332 e. The monoisotopic (exact) mass is 252 g/mol. The van der Waals surface area contributed by atoms with Crippen LogP contribution < -0.4 is 5.32 Å². The van der Waals surface area contributed by atoms with Crippen LogP contribution in [0.1, 0.15) is 5.56 Å². The van der Waals surface area contributed by atoms with Crippen molar-refractivity contribution in [2.75, 3.05) is 5.32 Å². The number of anilines is 1. The van der Waals surface area contributed by atoms with E-state index in [4.69, 9.17) is 0 Å². The Balaban J connectivity index is 2.13. The summed E-state index contributed by atoms with van der Waals surface area (Å²) in [7, 11) is 0. The minimum atomic E-state index is -0.933. The molecule has 0 fully saturated rings. The highest BCUT2D eigenvalue weighted by Crippen LogP contribution is 2.30. The van der Waals surface area contributed by atoms with Crippen LogP contribution in [0, 0.1) is 0 Å². The highest BCUT2D eigenvalue weighted by atomic mass is 16.4. The zero-order valence-corrected chi connectivity index (χ0v) is 10.1. The lowest BCUT2D eigenvalue weighted by Crippen LogP contribution is -2.39. The third-order valence-electron chi connectivity index (χ3n) is 3.03. The topological polar surface area (TPSA) is 61.7 Å². The lowest BCUT2D eigenvalue weighted by Gasteiger charge is -2.24. The van der Waals surface area contributed by atoms with Crippen molar-refractivity contribution in [2.45, 2.75) is 6.04 Å². The van der Waals surface area contributed by atoms with Gasteiger partial charge in [0.05, 0.1) is 17.1 Å². The zero-order valence-electron chi connectivity index (χ0n) is 10.1. The lowest BCUT2D eigenvalue weighted by atomic mass is 10.0. The van der Waals surface area contributed by atoms with Crippen LogP contribution in [-0.4, -0.2) is 22.8 Å². The number of carboxylic acids is 1. The van der Waals surface area contributed by atoms with Crippen molar-refractivity contribution < 1.29 is 9.90 Å². The predicted molar refractivity (Wildman–Crippen MR) is 74.1 cm³/mol. The van der Waals surface area contributed by atoms with E-state index in [0.717, 1.165) is 16.9 Å². The van der Waals surface area contributed by atoms with Gasteiger partial charge in [-0.25, -0.2) is 9.79 Å². The van der Waals surface area contributed by atoms with E-state index in [1.165, 1.54) is 0 Å². The van der Waals surface area contributed by atoms with Crippen LogP contribution in [-0.2, 0) is 4.79 Å². The number of hydrogen-bond acceptors (Lipinski definition) is 3. The first-order valence-electron chi connectivity index (χ1n) is 5.98. The zero-order chi connectivity index (χ0) is 13.2.